The van der Waals surface area contributed by atoms with Crippen molar-refractivity contribution in [3.8, 4) is 0 Å². The lowest BCUT2D eigenvalue weighted by molar-refractivity contribution is 0.295. The van der Waals surface area contributed by atoms with Crippen LogP contribution in [0.3, 0.4) is 0 Å². The van der Waals surface area contributed by atoms with Gasteiger partial charge in [-0.2, -0.15) is 0 Å². The third-order valence-electron chi connectivity index (χ3n) is 4.60. The fourth-order valence-electron chi connectivity index (χ4n) is 3.00. The number of likely N-dealkylation sites (N-methyl/N-ethyl adjacent to an activating group) is 1. The Labute approximate surface area is 128 Å². The Balaban J connectivity index is 2.31. The molecule has 0 amide bonds. The van der Waals surface area contributed by atoms with Crippen molar-refractivity contribution in [3.63, 3.8) is 0 Å². The molecule has 1 aromatic heterocycles. The molecule has 116 valence electrons. The van der Waals surface area contributed by atoms with Crippen molar-refractivity contribution < 1.29 is 0 Å². The average Bonchev–Trinajstić information content (AvgIpc) is 2.83. The molecular weight excluding hydrogens is 258 g/mol. The highest BCUT2D eigenvalue weighted by Crippen LogP contribution is 2.21. The average molecular weight is 287 g/mol. The summed E-state index contributed by atoms with van der Waals surface area (Å²) in [7, 11) is 0. The second-order valence-electron chi connectivity index (χ2n) is 6.23. The van der Waals surface area contributed by atoms with Gasteiger partial charge in [-0.3, -0.25) is 0 Å². The van der Waals surface area contributed by atoms with Crippen LogP contribution in [0.4, 0.5) is 0 Å². The van der Waals surface area contributed by atoms with Crippen LogP contribution in [0.2, 0.25) is 0 Å². The van der Waals surface area contributed by atoms with Crippen molar-refractivity contribution in [1.29, 1.82) is 0 Å². The van der Waals surface area contributed by atoms with Crippen LogP contribution in [-0.2, 0) is 13.0 Å². The molecule has 3 heteroatoms. The number of nitrogens with zero attached hydrogens (tertiary/aromatic N) is 2. The summed E-state index contributed by atoms with van der Waals surface area (Å²) in [6.45, 7) is 13.3. The molecule has 2 aromatic rings. The minimum Gasteiger partial charge on any atom is -0.328 e. The first-order valence-electron chi connectivity index (χ1n) is 8.25. The Hall–Kier alpha value is -1.35. The molecule has 0 fully saturated rings. The molecule has 2 unspecified atom stereocenters. The van der Waals surface area contributed by atoms with Crippen LogP contribution in [0.25, 0.3) is 11.0 Å². The van der Waals surface area contributed by atoms with Crippen LogP contribution < -0.4 is 5.32 Å². The number of fused-ring (bicyclic) bond motifs is 1. The van der Waals surface area contributed by atoms with Crippen LogP contribution in [0.1, 0.15) is 40.4 Å². The maximum atomic E-state index is 4.87. The van der Waals surface area contributed by atoms with Crippen LogP contribution >= 0.6 is 0 Å². The van der Waals surface area contributed by atoms with Gasteiger partial charge in [0.1, 0.15) is 5.82 Å². The molecule has 0 aliphatic rings. The summed E-state index contributed by atoms with van der Waals surface area (Å²) in [5.74, 6) is 2.51. The topological polar surface area (TPSA) is 29.9 Å². The highest BCUT2D eigenvalue weighted by Gasteiger charge is 2.22. The molecule has 1 heterocycles. The van der Waals surface area contributed by atoms with Gasteiger partial charge in [0.15, 0.2) is 0 Å². The summed E-state index contributed by atoms with van der Waals surface area (Å²) in [6.07, 6.45) is 0.996. The lowest BCUT2D eigenvalue weighted by Gasteiger charge is -2.27. The highest BCUT2D eigenvalue weighted by molar-refractivity contribution is 5.75. The van der Waals surface area contributed by atoms with Gasteiger partial charge in [0.25, 0.3) is 0 Å². The number of aryl methyl sites for hydroxylation is 1. The molecule has 21 heavy (non-hydrogen) atoms. The lowest BCUT2D eigenvalue weighted by atomic mass is 9.88. The van der Waals surface area contributed by atoms with Crippen LogP contribution in [0, 0.1) is 11.8 Å². The molecule has 0 bridgehead atoms. The zero-order valence-corrected chi connectivity index (χ0v) is 14.1. The first-order valence-corrected chi connectivity index (χ1v) is 8.25. The Morgan fingerprint density at radius 1 is 1.14 bits per heavy atom. The number of imidazole rings is 1. The molecule has 0 saturated heterocycles. The zero-order chi connectivity index (χ0) is 15.4. The molecule has 2 atom stereocenters. The van der Waals surface area contributed by atoms with Crippen LogP contribution in [0.15, 0.2) is 24.3 Å². The second-order valence-corrected chi connectivity index (χ2v) is 6.23. The Morgan fingerprint density at radius 3 is 2.48 bits per heavy atom. The molecule has 0 aliphatic carbocycles. The minimum absolute atomic E-state index is 0.483. The smallest absolute Gasteiger partial charge is 0.111 e. The van der Waals surface area contributed by atoms with Crippen molar-refractivity contribution >= 4 is 11.0 Å². The van der Waals surface area contributed by atoms with Crippen LogP contribution in [-0.4, -0.2) is 22.1 Å². The van der Waals surface area contributed by atoms with E-state index in [0.29, 0.717) is 17.9 Å². The van der Waals surface area contributed by atoms with E-state index in [0.717, 1.165) is 25.0 Å². The highest BCUT2D eigenvalue weighted by atomic mass is 15.1. The van der Waals surface area contributed by atoms with Gasteiger partial charge in [0, 0.05) is 19.0 Å². The molecule has 1 aromatic carbocycles. The normalized spacial score (nSPS) is 14.8. The monoisotopic (exact) mass is 287 g/mol. The first kappa shape index (κ1) is 16.0. The summed E-state index contributed by atoms with van der Waals surface area (Å²) in [5, 5.41) is 3.65. The maximum absolute atomic E-state index is 4.87. The number of aromatic nitrogens is 2. The number of para-hydroxylation sites is 2. The van der Waals surface area contributed by atoms with E-state index in [1.165, 1.54) is 11.3 Å². The zero-order valence-electron chi connectivity index (χ0n) is 14.1. The molecule has 0 saturated carbocycles. The predicted octanol–water partition coefficient (Wildman–Crippen LogP) is 3.87. The summed E-state index contributed by atoms with van der Waals surface area (Å²) in [6, 6.07) is 8.93. The van der Waals surface area contributed by atoms with Gasteiger partial charge in [-0.25, -0.2) is 4.98 Å². The van der Waals surface area contributed by atoms with E-state index in [-0.39, 0.29) is 0 Å². The van der Waals surface area contributed by atoms with E-state index in [1.807, 2.05) is 0 Å². The Bertz CT molecular complexity index is 571. The molecule has 3 nitrogen and oxygen atoms in total. The predicted molar refractivity (Wildman–Crippen MR) is 90.6 cm³/mol. The fourth-order valence-corrected chi connectivity index (χ4v) is 3.00. The van der Waals surface area contributed by atoms with E-state index in [4.69, 9.17) is 4.98 Å². The van der Waals surface area contributed by atoms with E-state index in [2.05, 4.69) is 68.8 Å². The molecule has 0 radical (unpaired) electrons. The number of hydrogen-bond acceptors (Lipinski definition) is 2. The number of benzene rings is 1. The lowest BCUT2D eigenvalue weighted by Crippen LogP contribution is -2.39. The Morgan fingerprint density at radius 2 is 1.86 bits per heavy atom. The van der Waals surface area contributed by atoms with E-state index in [9.17, 15) is 0 Å². The Kier molecular flexibility index (Phi) is 5.40. The SMILES string of the molecule is CCNC(Cc1nc2ccccc2n1CC)C(C)C(C)C. The van der Waals surface area contributed by atoms with Crippen molar-refractivity contribution in [2.24, 2.45) is 11.8 Å². The summed E-state index contributed by atoms with van der Waals surface area (Å²) in [5.41, 5.74) is 2.37. The standard InChI is InChI=1S/C18H29N3/c1-6-19-16(14(5)13(3)4)12-18-20-15-10-8-9-11-17(15)21(18)7-2/h8-11,13-14,16,19H,6-7,12H2,1-5H3. The van der Waals surface area contributed by atoms with Gasteiger partial charge >= 0.3 is 0 Å². The summed E-state index contributed by atoms with van der Waals surface area (Å²) < 4.78 is 2.35. The van der Waals surface area contributed by atoms with Crippen molar-refractivity contribution in [2.45, 2.75) is 53.6 Å². The van der Waals surface area contributed by atoms with Gasteiger partial charge in [-0.1, -0.05) is 39.8 Å². The van der Waals surface area contributed by atoms with Crippen molar-refractivity contribution in [1.82, 2.24) is 14.9 Å². The molecule has 2 rings (SSSR count). The summed E-state index contributed by atoms with van der Waals surface area (Å²) >= 11 is 0. The van der Waals surface area contributed by atoms with Gasteiger partial charge in [0.2, 0.25) is 0 Å². The van der Waals surface area contributed by atoms with Crippen LogP contribution in [0.5, 0.6) is 0 Å². The van der Waals surface area contributed by atoms with E-state index >= 15 is 0 Å². The fraction of sp³-hybridized carbons (Fsp3) is 0.611. The van der Waals surface area contributed by atoms with Gasteiger partial charge in [0.05, 0.1) is 11.0 Å². The number of nitrogens with one attached hydrogen (secondary N) is 1. The second kappa shape index (κ2) is 7.08. The quantitative estimate of drug-likeness (QED) is 0.838. The van der Waals surface area contributed by atoms with Gasteiger partial charge < -0.3 is 9.88 Å². The van der Waals surface area contributed by atoms with Gasteiger partial charge in [-0.15, -0.1) is 0 Å². The molecule has 0 aliphatic heterocycles. The maximum Gasteiger partial charge on any atom is 0.111 e. The van der Waals surface area contributed by atoms with E-state index < -0.39 is 0 Å². The molecule has 1 N–H and O–H groups in total. The number of hydrogen-bond donors (Lipinski definition) is 1. The third-order valence-corrected chi connectivity index (χ3v) is 4.60. The van der Waals surface area contributed by atoms with Gasteiger partial charge in [-0.05, 0) is 37.4 Å². The summed E-state index contributed by atoms with van der Waals surface area (Å²) in [4.78, 5) is 4.87. The number of rotatable bonds is 7. The third kappa shape index (κ3) is 3.46. The van der Waals surface area contributed by atoms with E-state index in [1.54, 1.807) is 0 Å². The van der Waals surface area contributed by atoms with Crippen molar-refractivity contribution in [2.75, 3.05) is 6.54 Å². The largest absolute Gasteiger partial charge is 0.328 e. The molecular formula is C18H29N3. The van der Waals surface area contributed by atoms with Crippen molar-refractivity contribution in [3.05, 3.63) is 30.1 Å². The first-order chi connectivity index (χ1) is 10.1. The molecule has 0 spiro atoms. The minimum atomic E-state index is 0.483.